The molecular formula is C48H46N3OPt-. The number of aromatic hydroxyl groups is 1. The molecule has 3 heterocycles. The van der Waals surface area contributed by atoms with E-state index < -0.39 is 0 Å². The van der Waals surface area contributed by atoms with Gasteiger partial charge in [-0.2, -0.15) is 0 Å². The number of nitrogens with zero attached hydrogens (tertiary/aromatic N) is 3. The predicted octanol–water partition coefficient (Wildman–Crippen LogP) is 12.5. The number of benzene rings is 5. The quantitative estimate of drug-likeness (QED) is 0.169. The summed E-state index contributed by atoms with van der Waals surface area (Å²) in [5, 5.41) is 11.2. The van der Waals surface area contributed by atoms with Crippen molar-refractivity contribution in [2.24, 2.45) is 0 Å². The van der Waals surface area contributed by atoms with E-state index in [1.807, 2.05) is 12.3 Å². The molecule has 0 spiro atoms. The van der Waals surface area contributed by atoms with Crippen LogP contribution in [0.1, 0.15) is 83.9 Å². The number of pyridine rings is 1. The standard InChI is InChI=1S/C48H46N3O.Pt/c1-29(2)37-26-35(31-15-10-9-11-16-31)27-38(30(3)4)43(37)34-23-24-49-40(28-34)33-18-12-17-32(25-33)36-19-13-21-41-45(36)50-46-44-39(20-14-22-42(44)52)47(5,6)48(7,8)51(41)46;/h9-24,26-30,52H,1-8H3;/q-1;. The molecule has 0 fully saturated rings. The first kappa shape index (κ1) is 36.6. The first-order chi connectivity index (χ1) is 24.9. The smallest absolute Gasteiger partial charge is 0.144 e. The molecule has 270 valence electrons. The van der Waals surface area contributed by atoms with Crippen molar-refractivity contribution in [2.75, 3.05) is 0 Å². The third-order valence-corrected chi connectivity index (χ3v) is 11.7. The van der Waals surface area contributed by atoms with Gasteiger partial charge in [-0.3, -0.25) is 4.98 Å². The fraction of sp³-hybridized carbons (Fsp3) is 0.250. The molecule has 0 saturated carbocycles. The zero-order chi connectivity index (χ0) is 36.5. The average molecular weight is 876 g/mol. The van der Waals surface area contributed by atoms with Gasteiger partial charge in [-0.15, -0.1) is 29.8 Å². The van der Waals surface area contributed by atoms with Crippen molar-refractivity contribution < 1.29 is 26.2 Å². The largest absolute Gasteiger partial charge is 0.507 e. The van der Waals surface area contributed by atoms with Crippen LogP contribution in [0.3, 0.4) is 0 Å². The molecule has 0 bridgehead atoms. The molecule has 0 radical (unpaired) electrons. The fourth-order valence-electron chi connectivity index (χ4n) is 8.19. The van der Waals surface area contributed by atoms with Gasteiger partial charge < -0.3 is 9.67 Å². The molecule has 4 nitrogen and oxygen atoms in total. The fourth-order valence-corrected chi connectivity index (χ4v) is 8.19. The van der Waals surface area contributed by atoms with E-state index >= 15 is 0 Å². The number of hydrogen-bond donors (Lipinski definition) is 1. The van der Waals surface area contributed by atoms with Crippen molar-refractivity contribution in [1.82, 2.24) is 14.5 Å². The summed E-state index contributed by atoms with van der Waals surface area (Å²) in [4.78, 5) is 10.2. The summed E-state index contributed by atoms with van der Waals surface area (Å²) < 4.78 is 2.32. The average Bonchev–Trinajstić information content (AvgIpc) is 3.54. The minimum Gasteiger partial charge on any atom is -0.507 e. The van der Waals surface area contributed by atoms with Gasteiger partial charge >= 0.3 is 0 Å². The van der Waals surface area contributed by atoms with E-state index in [-0.39, 0.29) is 37.8 Å². The summed E-state index contributed by atoms with van der Waals surface area (Å²) >= 11 is 0. The Bertz CT molecular complexity index is 2460. The number of aromatic nitrogens is 3. The van der Waals surface area contributed by atoms with Gasteiger partial charge in [0.1, 0.15) is 11.6 Å². The van der Waals surface area contributed by atoms with Crippen molar-refractivity contribution in [3.05, 3.63) is 138 Å². The molecule has 0 aliphatic carbocycles. The van der Waals surface area contributed by atoms with E-state index in [9.17, 15) is 5.11 Å². The van der Waals surface area contributed by atoms with Crippen LogP contribution in [0.25, 0.3) is 67.1 Å². The van der Waals surface area contributed by atoms with Crippen molar-refractivity contribution in [1.29, 1.82) is 0 Å². The molecule has 0 saturated heterocycles. The monoisotopic (exact) mass is 875 g/mol. The molecular weight excluding hydrogens is 830 g/mol. The second-order valence-electron chi connectivity index (χ2n) is 15.9. The number of fused-ring (bicyclic) bond motifs is 5. The van der Waals surface area contributed by atoms with Gasteiger partial charge in [-0.05, 0) is 82.8 Å². The molecule has 0 unspecified atom stereocenters. The summed E-state index contributed by atoms with van der Waals surface area (Å²) in [5.74, 6) is 1.74. The van der Waals surface area contributed by atoms with Gasteiger partial charge in [0.2, 0.25) is 0 Å². The zero-order valence-electron chi connectivity index (χ0n) is 31.7. The molecule has 53 heavy (non-hydrogen) atoms. The van der Waals surface area contributed by atoms with Crippen LogP contribution in [0.2, 0.25) is 0 Å². The summed E-state index contributed by atoms with van der Waals surface area (Å²) in [6.45, 7) is 18.2. The van der Waals surface area contributed by atoms with E-state index in [0.29, 0.717) is 11.8 Å². The Balaban J connectivity index is 0.00000435. The van der Waals surface area contributed by atoms with Crippen molar-refractivity contribution in [2.45, 2.75) is 78.2 Å². The van der Waals surface area contributed by atoms with Gasteiger partial charge in [0.25, 0.3) is 0 Å². The minimum atomic E-state index is -0.310. The Morgan fingerprint density at radius 1 is 0.660 bits per heavy atom. The molecule has 5 heteroatoms. The topological polar surface area (TPSA) is 50.9 Å². The van der Waals surface area contributed by atoms with Gasteiger partial charge in [-0.1, -0.05) is 125 Å². The van der Waals surface area contributed by atoms with Crippen LogP contribution in [0.5, 0.6) is 5.75 Å². The molecule has 1 aliphatic rings. The van der Waals surface area contributed by atoms with Crippen LogP contribution >= 0.6 is 0 Å². The number of rotatable bonds is 6. The third kappa shape index (κ3) is 5.87. The molecule has 1 N–H and O–H groups in total. The number of hydrogen-bond acceptors (Lipinski definition) is 3. The van der Waals surface area contributed by atoms with Gasteiger partial charge in [0, 0.05) is 38.4 Å². The predicted molar refractivity (Wildman–Crippen MR) is 216 cm³/mol. The van der Waals surface area contributed by atoms with Crippen molar-refractivity contribution >= 4 is 11.0 Å². The van der Waals surface area contributed by atoms with Crippen LogP contribution in [-0.2, 0) is 32.0 Å². The minimum absolute atomic E-state index is 0. The maximum Gasteiger partial charge on any atom is 0.144 e. The second-order valence-corrected chi connectivity index (χ2v) is 15.9. The van der Waals surface area contributed by atoms with Crippen molar-refractivity contribution in [3.63, 3.8) is 0 Å². The molecule has 8 rings (SSSR count). The zero-order valence-corrected chi connectivity index (χ0v) is 34.0. The summed E-state index contributed by atoms with van der Waals surface area (Å²) in [7, 11) is 0. The van der Waals surface area contributed by atoms with E-state index in [2.05, 4.69) is 163 Å². The molecule has 0 atom stereocenters. The Morgan fingerprint density at radius 2 is 1.32 bits per heavy atom. The molecule has 0 amide bonds. The van der Waals surface area contributed by atoms with Crippen molar-refractivity contribution in [3.8, 4) is 61.8 Å². The summed E-state index contributed by atoms with van der Waals surface area (Å²) in [6.07, 6.45) is 1.93. The van der Waals surface area contributed by atoms with Gasteiger partial charge in [0.15, 0.2) is 0 Å². The van der Waals surface area contributed by atoms with E-state index in [0.717, 1.165) is 50.4 Å². The maximum atomic E-state index is 11.2. The van der Waals surface area contributed by atoms with E-state index in [1.54, 1.807) is 6.07 Å². The Kier molecular flexibility index (Phi) is 9.36. The van der Waals surface area contributed by atoms with Crippen LogP contribution in [-0.4, -0.2) is 19.6 Å². The summed E-state index contributed by atoms with van der Waals surface area (Å²) in [5.41, 5.74) is 14.7. The van der Waals surface area contributed by atoms with E-state index in [1.165, 1.54) is 33.4 Å². The Hall–Kier alpha value is -4.79. The number of imidazole rings is 1. The van der Waals surface area contributed by atoms with Crippen LogP contribution < -0.4 is 0 Å². The second kappa shape index (κ2) is 13.6. The first-order valence-corrected chi connectivity index (χ1v) is 18.5. The number of phenols is 1. The van der Waals surface area contributed by atoms with Crippen LogP contribution in [0.15, 0.2) is 115 Å². The Labute approximate surface area is 328 Å². The van der Waals surface area contributed by atoms with Crippen LogP contribution in [0, 0.1) is 6.07 Å². The van der Waals surface area contributed by atoms with Gasteiger partial charge in [-0.25, -0.2) is 4.98 Å². The molecule has 1 aliphatic heterocycles. The van der Waals surface area contributed by atoms with E-state index in [4.69, 9.17) is 9.97 Å². The first-order valence-electron chi connectivity index (χ1n) is 18.5. The van der Waals surface area contributed by atoms with Gasteiger partial charge in [0.05, 0.1) is 22.1 Å². The summed E-state index contributed by atoms with van der Waals surface area (Å²) in [6, 6.07) is 42.1. The normalized spacial score (nSPS) is 14.2. The number of phenolic OH excluding ortho intramolecular Hbond substituents is 1. The SMILES string of the molecule is CC(C)c1cc(-c2ccccc2)cc(C(C)C)c1-c1ccnc(-c2[c-]c(-c3cccc4c3nc3n4C(C)(C)C(C)(C)c4cccc(O)c4-3)ccc2)c1.[Pt]. The third-order valence-electron chi connectivity index (χ3n) is 11.7. The maximum absolute atomic E-state index is 11.2. The molecule has 7 aromatic rings. The van der Waals surface area contributed by atoms with Crippen LogP contribution in [0.4, 0.5) is 0 Å². The molecule has 5 aromatic carbocycles. The number of para-hydroxylation sites is 1. The Morgan fingerprint density at radius 3 is 2.02 bits per heavy atom. The molecule has 2 aromatic heterocycles.